The maximum absolute atomic E-state index is 13.3. The second-order valence-electron chi connectivity index (χ2n) is 6.06. The van der Waals surface area contributed by atoms with Crippen molar-refractivity contribution in [3.8, 4) is 5.75 Å². The summed E-state index contributed by atoms with van der Waals surface area (Å²) in [4.78, 5) is 15.8. The fraction of sp³-hybridized carbons (Fsp3) is 0.263. The Morgan fingerprint density at radius 2 is 2.00 bits per heavy atom. The molecule has 0 bridgehead atoms. The fourth-order valence-electron chi connectivity index (χ4n) is 2.86. The van der Waals surface area contributed by atoms with E-state index in [2.05, 4.69) is 10.3 Å². The Kier molecular flexibility index (Phi) is 5.79. The average molecular weight is 412 g/mol. The second kappa shape index (κ2) is 8.10. The summed E-state index contributed by atoms with van der Waals surface area (Å²) in [5.74, 6) is -0.757. The number of carbonyl (C=O) groups is 1. The lowest BCUT2D eigenvalue weighted by atomic mass is 10.1. The molecule has 1 heterocycles. The van der Waals surface area contributed by atoms with Crippen molar-refractivity contribution in [1.82, 2.24) is 14.9 Å². The van der Waals surface area contributed by atoms with Gasteiger partial charge in [-0.05, 0) is 29.8 Å². The molecule has 9 heteroatoms. The summed E-state index contributed by atoms with van der Waals surface area (Å²) in [7, 11) is 1.51. The molecule has 1 N–H and O–H groups in total. The summed E-state index contributed by atoms with van der Waals surface area (Å²) in [5, 5.41) is 3.01. The van der Waals surface area contributed by atoms with Crippen LogP contribution >= 0.6 is 11.6 Å². The Balaban J connectivity index is 1.67. The first-order valence-corrected chi connectivity index (χ1v) is 8.79. The highest BCUT2D eigenvalue weighted by molar-refractivity contribution is 6.31. The zero-order chi connectivity index (χ0) is 20.3. The van der Waals surface area contributed by atoms with Gasteiger partial charge in [0.2, 0.25) is 11.7 Å². The Hall–Kier alpha value is -2.74. The standard InChI is InChI=1S/C19H17ClF3N3O2/c1-28-13-7-6-12(14(20)11-13)10-17(27)24-8-9-26-16-5-3-2-4-15(16)25-18(26)19(21,22)23/h2-7,11H,8-10H2,1H3,(H,24,27). The van der Waals surface area contributed by atoms with Crippen molar-refractivity contribution in [2.45, 2.75) is 19.1 Å². The predicted molar refractivity (Wildman–Crippen MR) is 99.5 cm³/mol. The fourth-order valence-corrected chi connectivity index (χ4v) is 3.10. The largest absolute Gasteiger partial charge is 0.497 e. The third kappa shape index (κ3) is 4.39. The lowest BCUT2D eigenvalue weighted by Gasteiger charge is -2.12. The molecule has 3 rings (SSSR count). The number of halogens is 4. The van der Waals surface area contributed by atoms with Gasteiger partial charge in [-0.3, -0.25) is 4.79 Å². The van der Waals surface area contributed by atoms with E-state index in [1.54, 1.807) is 36.4 Å². The van der Waals surface area contributed by atoms with Crippen molar-refractivity contribution >= 4 is 28.5 Å². The number of methoxy groups -OCH3 is 1. The van der Waals surface area contributed by atoms with E-state index in [1.165, 1.54) is 13.2 Å². The van der Waals surface area contributed by atoms with Gasteiger partial charge in [0.25, 0.3) is 0 Å². The number of ether oxygens (including phenoxy) is 1. The molecular weight excluding hydrogens is 395 g/mol. The lowest BCUT2D eigenvalue weighted by molar-refractivity contribution is -0.146. The highest BCUT2D eigenvalue weighted by Gasteiger charge is 2.37. The Morgan fingerprint density at radius 3 is 2.68 bits per heavy atom. The summed E-state index contributed by atoms with van der Waals surface area (Å²) >= 11 is 6.11. The van der Waals surface area contributed by atoms with Crippen LogP contribution in [-0.2, 0) is 23.9 Å². The van der Waals surface area contributed by atoms with Crippen molar-refractivity contribution in [1.29, 1.82) is 0 Å². The quantitative estimate of drug-likeness (QED) is 0.665. The number of carbonyl (C=O) groups excluding carboxylic acids is 1. The minimum Gasteiger partial charge on any atom is -0.497 e. The molecular formula is C19H17ClF3N3O2. The van der Waals surface area contributed by atoms with E-state index in [1.807, 2.05) is 0 Å². The van der Waals surface area contributed by atoms with Crippen LogP contribution in [0.5, 0.6) is 5.75 Å². The molecule has 5 nitrogen and oxygen atoms in total. The topological polar surface area (TPSA) is 56.1 Å². The van der Waals surface area contributed by atoms with Gasteiger partial charge in [-0.25, -0.2) is 4.98 Å². The number of rotatable bonds is 6. The number of nitrogens with one attached hydrogen (secondary N) is 1. The molecule has 0 fully saturated rings. The highest BCUT2D eigenvalue weighted by Crippen LogP contribution is 2.31. The third-order valence-corrected chi connectivity index (χ3v) is 4.53. The number of imidazole rings is 1. The van der Waals surface area contributed by atoms with Crippen molar-refractivity contribution in [3.05, 3.63) is 58.9 Å². The number of benzene rings is 2. The van der Waals surface area contributed by atoms with Crippen molar-refractivity contribution in [3.63, 3.8) is 0 Å². The minimum absolute atomic E-state index is 0.0135. The van der Waals surface area contributed by atoms with E-state index in [4.69, 9.17) is 16.3 Å². The molecule has 0 atom stereocenters. The van der Waals surface area contributed by atoms with Gasteiger partial charge in [0.15, 0.2) is 0 Å². The van der Waals surface area contributed by atoms with Gasteiger partial charge in [0, 0.05) is 18.1 Å². The normalized spacial score (nSPS) is 11.6. The van der Waals surface area contributed by atoms with Crippen LogP contribution in [0.15, 0.2) is 42.5 Å². The Morgan fingerprint density at radius 1 is 1.25 bits per heavy atom. The summed E-state index contributed by atoms with van der Waals surface area (Å²) in [6.45, 7) is -0.0342. The number of hydrogen-bond acceptors (Lipinski definition) is 3. The zero-order valence-electron chi connectivity index (χ0n) is 14.9. The van der Waals surface area contributed by atoms with E-state index >= 15 is 0 Å². The molecule has 28 heavy (non-hydrogen) atoms. The van der Waals surface area contributed by atoms with Crippen LogP contribution in [0.3, 0.4) is 0 Å². The average Bonchev–Trinajstić information content (AvgIpc) is 3.03. The SMILES string of the molecule is COc1ccc(CC(=O)NCCn2c(C(F)(F)F)nc3ccccc32)c(Cl)c1. The van der Waals surface area contributed by atoms with E-state index in [0.717, 1.165) is 4.57 Å². The number of nitrogens with zero attached hydrogens (tertiary/aromatic N) is 2. The minimum atomic E-state index is -4.58. The maximum Gasteiger partial charge on any atom is 0.449 e. The first-order chi connectivity index (χ1) is 13.3. The second-order valence-corrected chi connectivity index (χ2v) is 6.46. The number of amides is 1. The third-order valence-electron chi connectivity index (χ3n) is 4.18. The maximum atomic E-state index is 13.3. The molecule has 0 aliphatic heterocycles. The molecule has 2 aromatic carbocycles. The van der Waals surface area contributed by atoms with Crippen LogP contribution in [0.4, 0.5) is 13.2 Å². The molecule has 0 aliphatic carbocycles. The van der Waals surface area contributed by atoms with Gasteiger partial charge in [-0.1, -0.05) is 29.8 Å². The van der Waals surface area contributed by atoms with Gasteiger partial charge in [0.1, 0.15) is 5.75 Å². The summed E-state index contributed by atoms with van der Waals surface area (Å²) in [5.41, 5.74) is 1.22. The molecule has 1 aromatic heterocycles. The van der Waals surface area contributed by atoms with Crippen LogP contribution in [0.25, 0.3) is 11.0 Å². The molecule has 148 valence electrons. The van der Waals surface area contributed by atoms with Crippen molar-refractivity contribution in [2.24, 2.45) is 0 Å². The molecule has 0 radical (unpaired) electrons. The summed E-state index contributed by atoms with van der Waals surface area (Å²) < 4.78 is 45.9. The van der Waals surface area contributed by atoms with Crippen LogP contribution in [0.1, 0.15) is 11.4 Å². The number of alkyl halides is 3. The first kappa shape index (κ1) is 20.0. The Bertz CT molecular complexity index is 1000. The molecule has 0 unspecified atom stereocenters. The van der Waals surface area contributed by atoms with E-state index in [0.29, 0.717) is 21.9 Å². The van der Waals surface area contributed by atoms with E-state index in [9.17, 15) is 18.0 Å². The Labute approximate surface area is 164 Å². The van der Waals surface area contributed by atoms with Gasteiger partial charge < -0.3 is 14.6 Å². The molecule has 3 aromatic rings. The lowest BCUT2D eigenvalue weighted by Crippen LogP contribution is -2.29. The first-order valence-electron chi connectivity index (χ1n) is 8.41. The van der Waals surface area contributed by atoms with Crippen LogP contribution in [-0.4, -0.2) is 29.1 Å². The zero-order valence-corrected chi connectivity index (χ0v) is 15.6. The van der Waals surface area contributed by atoms with Crippen LogP contribution in [0, 0.1) is 0 Å². The number of para-hydroxylation sites is 2. The van der Waals surface area contributed by atoms with Gasteiger partial charge in [-0.2, -0.15) is 13.2 Å². The molecule has 0 aliphatic rings. The summed E-state index contributed by atoms with van der Waals surface area (Å²) in [6, 6.07) is 11.3. The number of hydrogen-bond donors (Lipinski definition) is 1. The predicted octanol–water partition coefficient (Wildman–Crippen LogP) is 4.08. The van der Waals surface area contributed by atoms with Crippen LogP contribution in [0.2, 0.25) is 5.02 Å². The number of aromatic nitrogens is 2. The highest BCUT2D eigenvalue weighted by atomic mass is 35.5. The van der Waals surface area contributed by atoms with E-state index in [-0.39, 0.29) is 30.9 Å². The van der Waals surface area contributed by atoms with Crippen molar-refractivity contribution in [2.75, 3.05) is 13.7 Å². The molecule has 0 saturated heterocycles. The van der Waals surface area contributed by atoms with Gasteiger partial charge >= 0.3 is 6.18 Å². The smallest absolute Gasteiger partial charge is 0.449 e. The van der Waals surface area contributed by atoms with Crippen LogP contribution < -0.4 is 10.1 Å². The molecule has 1 amide bonds. The van der Waals surface area contributed by atoms with Crippen molar-refractivity contribution < 1.29 is 22.7 Å². The number of fused-ring (bicyclic) bond motifs is 1. The van der Waals surface area contributed by atoms with Gasteiger partial charge in [-0.15, -0.1) is 0 Å². The molecule has 0 saturated carbocycles. The monoisotopic (exact) mass is 411 g/mol. The summed E-state index contributed by atoms with van der Waals surface area (Å²) in [6.07, 6.45) is -4.57. The van der Waals surface area contributed by atoms with Gasteiger partial charge in [0.05, 0.1) is 24.6 Å². The molecule has 0 spiro atoms. The van der Waals surface area contributed by atoms with E-state index < -0.39 is 12.0 Å².